The molecule has 3 N–H and O–H groups in total. The second-order valence-corrected chi connectivity index (χ2v) is 4.40. The van der Waals surface area contributed by atoms with Gasteiger partial charge in [-0.2, -0.15) is 5.10 Å². The zero-order chi connectivity index (χ0) is 11.5. The number of anilines is 1. The van der Waals surface area contributed by atoms with Gasteiger partial charge >= 0.3 is 0 Å². The van der Waals surface area contributed by atoms with Crippen molar-refractivity contribution in [3.05, 3.63) is 22.1 Å². The second-order valence-electron chi connectivity index (χ2n) is 4.40. The smallest absolute Gasteiger partial charge is 0.287 e. The SMILES string of the molecule is CCN1CCC(Cc2cc(N)c(=O)[nH]n2)C1. The minimum atomic E-state index is -0.301. The molecule has 0 aromatic carbocycles. The van der Waals surface area contributed by atoms with E-state index in [1.54, 1.807) is 6.07 Å². The summed E-state index contributed by atoms with van der Waals surface area (Å²) in [5.74, 6) is 0.637. The highest BCUT2D eigenvalue weighted by molar-refractivity contribution is 5.34. The molecule has 0 spiro atoms. The van der Waals surface area contributed by atoms with Crippen molar-refractivity contribution in [1.82, 2.24) is 15.1 Å². The summed E-state index contributed by atoms with van der Waals surface area (Å²) < 4.78 is 0. The third-order valence-corrected chi connectivity index (χ3v) is 3.20. The molecule has 1 fully saturated rings. The number of nitrogen functional groups attached to an aromatic ring is 1. The van der Waals surface area contributed by atoms with Gasteiger partial charge < -0.3 is 10.6 Å². The lowest BCUT2D eigenvalue weighted by Crippen LogP contribution is -2.21. The molecule has 2 heterocycles. The lowest BCUT2D eigenvalue weighted by molar-refractivity contribution is 0.341. The summed E-state index contributed by atoms with van der Waals surface area (Å²) >= 11 is 0. The molecule has 1 aliphatic rings. The molecular weight excluding hydrogens is 204 g/mol. The minimum absolute atomic E-state index is 0.260. The summed E-state index contributed by atoms with van der Waals surface area (Å²) in [5, 5.41) is 6.44. The van der Waals surface area contributed by atoms with E-state index in [4.69, 9.17) is 5.73 Å². The van der Waals surface area contributed by atoms with Crippen LogP contribution in [0.5, 0.6) is 0 Å². The Balaban J connectivity index is 1.99. The largest absolute Gasteiger partial charge is 0.394 e. The van der Waals surface area contributed by atoms with Gasteiger partial charge in [-0.1, -0.05) is 6.92 Å². The van der Waals surface area contributed by atoms with Crippen molar-refractivity contribution < 1.29 is 0 Å². The molecule has 88 valence electrons. The Morgan fingerprint density at radius 2 is 2.50 bits per heavy atom. The van der Waals surface area contributed by atoms with E-state index in [1.165, 1.54) is 13.0 Å². The van der Waals surface area contributed by atoms with Crippen LogP contribution >= 0.6 is 0 Å². The predicted molar refractivity (Wildman–Crippen MR) is 63.2 cm³/mol. The van der Waals surface area contributed by atoms with E-state index in [0.717, 1.165) is 25.2 Å². The van der Waals surface area contributed by atoms with Crippen molar-refractivity contribution >= 4 is 5.69 Å². The number of likely N-dealkylation sites (tertiary alicyclic amines) is 1. The minimum Gasteiger partial charge on any atom is -0.394 e. The van der Waals surface area contributed by atoms with Crippen LogP contribution in [0.1, 0.15) is 19.0 Å². The first kappa shape index (κ1) is 11.1. The standard InChI is InChI=1S/C11H18N4O/c1-2-15-4-3-8(7-15)5-9-6-10(12)11(16)14-13-9/h6,8H,2-5,7H2,1H3,(H2,12,13)(H,14,16). The maximum atomic E-state index is 11.1. The van der Waals surface area contributed by atoms with E-state index in [0.29, 0.717) is 5.92 Å². The first-order valence-electron chi connectivity index (χ1n) is 5.75. The monoisotopic (exact) mass is 222 g/mol. The van der Waals surface area contributed by atoms with Gasteiger partial charge in [0.05, 0.1) is 5.69 Å². The molecule has 5 heteroatoms. The fourth-order valence-electron chi connectivity index (χ4n) is 2.23. The Hall–Kier alpha value is -1.36. The number of aromatic amines is 1. The highest BCUT2D eigenvalue weighted by atomic mass is 16.1. The van der Waals surface area contributed by atoms with Crippen LogP contribution < -0.4 is 11.3 Å². The van der Waals surface area contributed by atoms with E-state index < -0.39 is 0 Å². The highest BCUT2D eigenvalue weighted by Crippen LogP contribution is 2.19. The van der Waals surface area contributed by atoms with Gasteiger partial charge in [0.25, 0.3) is 5.56 Å². The molecule has 0 radical (unpaired) electrons. The third kappa shape index (κ3) is 2.41. The van der Waals surface area contributed by atoms with Gasteiger partial charge in [0.15, 0.2) is 0 Å². The molecular formula is C11H18N4O. The number of nitrogens with two attached hydrogens (primary N) is 1. The Bertz CT molecular complexity index is 415. The van der Waals surface area contributed by atoms with E-state index in [-0.39, 0.29) is 11.2 Å². The molecule has 0 saturated carbocycles. The van der Waals surface area contributed by atoms with Crippen LogP contribution in [-0.2, 0) is 6.42 Å². The zero-order valence-corrected chi connectivity index (χ0v) is 9.57. The van der Waals surface area contributed by atoms with Gasteiger partial charge in [-0.25, -0.2) is 5.10 Å². The molecule has 1 aliphatic heterocycles. The second kappa shape index (κ2) is 4.65. The molecule has 0 aliphatic carbocycles. The van der Waals surface area contributed by atoms with Gasteiger partial charge in [0, 0.05) is 6.54 Å². The van der Waals surface area contributed by atoms with E-state index in [1.807, 2.05) is 0 Å². The van der Waals surface area contributed by atoms with Crippen LogP contribution in [0, 0.1) is 5.92 Å². The van der Waals surface area contributed by atoms with Crippen LogP contribution in [-0.4, -0.2) is 34.7 Å². The van der Waals surface area contributed by atoms with Gasteiger partial charge in [-0.05, 0) is 37.9 Å². The molecule has 0 amide bonds. The number of aromatic nitrogens is 2. The van der Waals surface area contributed by atoms with Crippen LogP contribution in [0.15, 0.2) is 10.9 Å². The number of H-pyrrole nitrogens is 1. The van der Waals surface area contributed by atoms with E-state index in [2.05, 4.69) is 22.0 Å². The number of rotatable bonds is 3. The normalized spacial score (nSPS) is 21.4. The molecule has 1 aromatic rings. The van der Waals surface area contributed by atoms with Crippen molar-refractivity contribution in [3.63, 3.8) is 0 Å². The topological polar surface area (TPSA) is 75.0 Å². The molecule has 0 bridgehead atoms. The maximum Gasteiger partial charge on any atom is 0.287 e. The average Bonchev–Trinajstić information content (AvgIpc) is 2.71. The average molecular weight is 222 g/mol. The number of hydrogen-bond donors (Lipinski definition) is 2. The number of nitrogens with zero attached hydrogens (tertiary/aromatic N) is 2. The van der Waals surface area contributed by atoms with Gasteiger partial charge in [0.2, 0.25) is 0 Å². The highest BCUT2D eigenvalue weighted by Gasteiger charge is 2.21. The van der Waals surface area contributed by atoms with Crippen molar-refractivity contribution in [2.75, 3.05) is 25.4 Å². The van der Waals surface area contributed by atoms with Crippen molar-refractivity contribution in [1.29, 1.82) is 0 Å². The van der Waals surface area contributed by atoms with Crippen molar-refractivity contribution in [2.24, 2.45) is 5.92 Å². The van der Waals surface area contributed by atoms with E-state index in [9.17, 15) is 4.79 Å². The molecule has 16 heavy (non-hydrogen) atoms. The first-order chi connectivity index (χ1) is 7.69. The third-order valence-electron chi connectivity index (χ3n) is 3.20. The Morgan fingerprint density at radius 3 is 3.12 bits per heavy atom. The summed E-state index contributed by atoms with van der Waals surface area (Å²) in [6.07, 6.45) is 2.10. The lowest BCUT2D eigenvalue weighted by atomic mass is 10.0. The summed E-state index contributed by atoms with van der Waals surface area (Å²) in [5.41, 5.74) is 6.40. The van der Waals surface area contributed by atoms with Crippen molar-refractivity contribution in [2.45, 2.75) is 19.8 Å². The predicted octanol–water partition coefficient (Wildman–Crippen LogP) is 0.236. The van der Waals surface area contributed by atoms with Gasteiger partial charge in [-0.15, -0.1) is 0 Å². The molecule has 1 aromatic heterocycles. The summed E-state index contributed by atoms with van der Waals surface area (Å²) in [7, 11) is 0. The maximum absolute atomic E-state index is 11.1. The lowest BCUT2D eigenvalue weighted by Gasteiger charge is -2.12. The Morgan fingerprint density at radius 1 is 1.69 bits per heavy atom. The molecule has 2 rings (SSSR count). The molecule has 1 atom stereocenters. The van der Waals surface area contributed by atoms with Crippen LogP contribution in [0.25, 0.3) is 0 Å². The van der Waals surface area contributed by atoms with Crippen molar-refractivity contribution in [3.8, 4) is 0 Å². The van der Waals surface area contributed by atoms with Gasteiger partial charge in [-0.3, -0.25) is 4.79 Å². The fourth-order valence-corrected chi connectivity index (χ4v) is 2.23. The fraction of sp³-hybridized carbons (Fsp3) is 0.636. The van der Waals surface area contributed by atoms with Crippen LogP contribution in [0.2, 0.25) is 0 Å². The summed E-state index contributed by atoms with van der Waals surface area (Å²) in [6.45, 7) is 5.58. The quantitative estimate of drug-likeness (QED) is 0.768. The van der Waals surface area contributed by atoms with Gasteiger partial charge in [0.1, 0.15) is 5.69 Å². The van der Waals surface area contributed by atoms with Crippen LogP contribution in [0.3, 0.4) is 0 Å². The summed E-state index contributed by atoms with van der Waals surface area (Å²) in [4.78, 5) is 13.5. The molecule has 1 unspecified atom stereocenters. The number of hydrogen-bond acceptors (Lipinski definition) is 4. The Kier molecular flexibility index (Phi) is 3.24. The number of nitrogens with one attached hydrogen (secondary N) is 1. The first-order valence-corrected chi connectivity index (χ1v) is 5.75. The van der Waals surface area contributed by atoms with Crippen LogP contribution in [0.4, 0.5) is 5.69 Å². The molecule has 5 nitrogen and oxygen atoms in total. The Labute approximate surface area is 94.6 Å². The van der Waals surface area contributed by atoms with E-state index >= 15 is 0 Å². The zero-order valence-electron chi connectivity index (χ0n) is 9.57. The summed E-state index contributed by atoms with van der Waals surface area (Å²) in [6, 6.07) is 1.69. The molecule has 1 saturated heterocycles.